The molecule has 0 radical (unpaired) electrons. The Hall–Kier alpha value is -3.68. The molecule has 0 aliphatic carbocycles. The van der Waals surface area contributed by atoms with Gasteiger partial charge in [-0.25, -0.2) is 0 Å². The maximum absolute atomic E-state index is 12.9. The fourth-order valence-corrected chi connectivity index (χ4v) is 4.48. The molecule has 5 rings (SSSR count). The summed E-state index contributed by atoms with van der Waals surface area (Å²) in [6, 6.07) is 10.7. The summed E-state index contributed by atoms with van der Waals surface area (Å²) in [5.41, 5.74) is 4.15. The number of hydrogen-bond donors (Lipinski definition) is 2. The number of benzene rings is 2. The van der Waals surface area contributed by atoms with Crippen LogP contribution in [0.1, 0.15) is 46.3 Å². The lowest BCUT2D eigenvalue weighted by Crippen LogP contribution is -2.52. The van der Waals surface area contributed by atoms with Gasteiger partial charge in [0.2, 0.25) is 17.7 Å². The number of hydrogen-bond acceptors (Lipinski definition) is 5. The molecule has 0 bridgehead atoms. The second-order valence-electron chi connectivity index (χ2n) is 8.36. The highest BCUT2D eigenvalue weighted by molar-refractivity contribution is 6.05. The maximum Gasteiger partial charge on any atom is 0.255 e. The minimum atomic E-state index is -0.627. The SMILES string of the molecule is O=C1CCC(N2Cc3ccc(CCC(=O)Nc4ccc5c(c4)OCC5)cc3C2=O)C(=O)N1. The third-order valence-corrected chi connectivity index (χ3v) is 6.21. The highest BCUT2D eigenvalue weighted by atomic mass is 16.5. The van der Waals surface area contributed by atoms with E-state index >= 15 is 0 Å². The smallest absolute Gasteiger partial charge is 0.255 e. The van der Waals surface area contributed by atoms with Crippen LogP contribution in [0.15, 0.2) is 36.4 Å². The molecular formula is C24H23N3O5. The average Bonchev–Trinajstić information content (AvgIpc) is 3.36. The first-order chi connectivity index (χ1) is 15.5. The van der Waals surface area contributed by atoms with Crippen molar-refractivity contribution < 1.29 is 23.9 Å². The third kappa shape index (κ3) is 3.84. The van der Waals surface area contributed by atoms with Gasteiger partial charge in [-0.1, -0.05) is 18.2 Å². The lowest BCUT2D eigenvalue weighted by Gasteiger charge is -2.29. The molecule has 164 valence electrons. The van der Waals surface area contributed by atoms with Gasteiger partial charge in [-0.2, -0.15) is 0 Å². The first kappa shape index (κ1) is 20.2. The van der Waals surface area contributed by atoms with E-state index in [1.165, 1.54) is 4.90 Å². The molecule has 32 heavy (non-hydrogen) atoms. The average molecular weight is 433 g/mol. The number of nitrogens with one attached hydrogen (secondary N) is 2. The summed E-state index contributed by atoms with van der Waals surface area (Å²) in [6.07, 6.45) is 2.23. The van der Waals surface area contributed by atoms with Crippen LogP contribution in [0.5, 0.6) is 5.75 Å². The van der Waals surface area contributed by atoms with Crippen LogP contribution in [0.25, 0.3) is 0 Å². The van der Waals surface area contributed by atoms with E-state index in [0.717, 1.165) is 28.9 Å². The molecule has 3 heterocycles. The van der Waals surface area contributed by atoms with E-state index in [9.17, 15) is 19.2 Å². The maximum atomic E-state index is 12.9. The number of nitrogens with zero attached hydrogens (tertiary/aromatic N) is 1. The molecule has 2 aromatic rings. The van der Waals surface area contributed by atoms with Crippen LogP contribution in [-0.2, 0) is 33.8 Å². The minimum absolute atomic E-state index is 0.111. The van der Waals surface area contributed by atoms with E-state index in [2.05, 4.69) is 10.6 Å². The van der Waals surface area contributed by atoms with Crippen molar-refractivity contribution in [2.45, 2.75) is 44.7 Å². The number of amides is 4. The number of fused-ring (bicyclic) bond motifs is 2. The van der Waals surface area contributed by atoms with Crippen LogP contribution in [0, 0.1) is 0 Å². The van der Waals surface area contributed by atoms with Gasteiger partial charge >= 0.3 is 0 Å². The fraction of sp³-hybridized carbons (Fsp3) is 0.333. The summed E-state index contributed by atoms with van der Waals surface area (Å²) < 4.78 is 5.54. The van der Waals surface area contributed by atoms with Crippen molar-refractivity contribution in [1.29, 1.82) is 0 Å². The lowest BCUT2D eigenvalue weighted by molar-refractivity contribution is -0.137. The Labute approximate surface area is 184 Å². The molecule has 0 aromatic heterocycles. The first-order valence-electron chi connectivity index (χ1n) is 10.8. The van der Waals surface area contributed by atoms with Gasteiger partial charge in [-0.15, -0.1) is 0 Å². The monoisotopic (exact) mass is 433 g/mol. The van der Waals surface area contributed by atoms with Gasteiger partial charge in [-0.05, 0) is 41.7 Å². The highest BCUT2D eigenvalue weighted by Crippen LogP contribution is 2.30. The summed E-state index contributed by atoms with van der Waals surface area (Å²) in [5.74, 6) is -0.223. The number of carbonyl (C=O) groups excluding carboxylic acids is 4. The molecule has 1 fully saturated rings. The number of anilines is 1. The van der Waals surface area contributed by atoms with E-state index in [4.69, 9.17) is 4.74 Å². The number of aryl methyl sites for hydroxylation is 1. The van der Waals surface area contributed by atoms with E-state index in [1.807, 2.05) is 30.3 Å². The van der Waals surface area contributed by atoms with Gasteiger partial charge in [0.05, 0.1) is 6.61 Å². The Bertz CT molecular complexity index is 1140. The summed E-state index contributed by atoms with van der Waals surface area (Å²) in [5, 5.41) is 5.20. The molecule has 3 aliphatic heterocycles. The van der Waals surface area contributed by atoms with Gasteiger partial charge in [0.1, 0.15) is 11.8 Å². The predicted octanol–water partition coefficient (Wildman–Crippen LogP) is 1.95. The summed E-state index contributed by atoms with van der Waals surface area (Å²) in [7, 11) is 0. The molecule has 8 heteroatoms. The molecule has 1 atom stereocenters. The van der Waals surface area contributed by atoms with Crippen LogP contribution in [0.2, 0.25) is 0 Å². The number of piperidine rings is 1. The van der Waals surface area contributed by atoms with Gasteiger partial charge in [0, 0.05) is 43.1 Å². The molecule has 1 saturated heterocycles. The zero-order chi connectivity index (χ0) is 22.2. The molecule has 2 N–H and O–H groups in total. The second kappa shape index (κ2) is 8.11. The number of rotatable bonds is 5. The van der Waals surface area contributed by atoms with Crippen molar-refractivity contribution >= 4 is 29.3 Å². The van der Waals surface area contributed by atoms with E-state index in [1.54, 1.807) is 6.07 Å². The number of imide groups is 1. The van der Waals surface area contributed by atoms with E-state index < -0.39 is 11.9 Å². The van der Waals surface area contributed by atoms with Crippen molar-refractivity contribution in [1.82, 2.24) is 10.2 Å². The summed E-state index contributed by atoms with van der Waals surface area (Å²) in [6.45, 7) is 1.02. The Balaban J connectivity index is 1.20. The van der Waals surface area contributed by atoms with Gasteiger partial charge in [0.25, 0.3) is 5.91 Å². The molecule has 0 saturated carbocycles. The van der Waals surface area contributed by atoms with Gasteiger partial charge < -0.3 is 15.0 Å². The molecule has 0 spiro atoms. The van der Waals surface area contributed by atoms with Crippen LogP contribution in [0.3, 0.4) is 0 Å². The lowest BCUT2D eigenvalue weighted by atomic mass is 10.0. The fourth-order valence-electron chi connectivity index (χ4n) is 4.48. The Morgan fingerprint density at radius 1 is 1.09 bits per heavy atom. The summed E-state index contributed by atoms with van der Waals surface area (Å²) in [4.78, 5) is 50.4. The van der Waals surface area contributed by atoms with Crippen LogP contribution in [-0.4, -0.2) is 41.2 Å². The van der Waals surface area contributed by atoms with Crippen molar-refractivity contribution in [2.24, 2.45) is 0 Å². The first-order valence-corrected chi connectivity index (χ1v) is 10.8. The zero-order valence-corrected chi connectivity index (χ0v) is 17.5. The predicted molar refractivity (Wildman–Crippen MR) is 115 cm³/mol. The van der Waals surface area contributed by atoms with Crippen molar-refractivity contribution in [2.75, 3.05) is 11.9 Å². The normalized spacial score (nSPS) is 19.3. The zero-order valence-electron chi connectivity index (χ0n) is 17.5. The van der Waals surface area contributed by atoms with Crippen LogP contribution >= 0.6 is 0 Å². The molecular weight excluding hydrogens is 410 g/mol. The molecule has 2 aromatic carbocycles. The largest absolute Gasteiger partial charge is 0.493 e. The van der Waals surface area contributed by atoms with Gasteiger partial charge in [0.15, 0.2) is 0 Å². The van der Waals surface area contributed by atoms with Crippen molar-refractivity contribution in [3.05, 3.63) is 58.7 Å². The Morgan fingerprint density at radius 2 is 1.94 bits per heavy atom. The molecule has 3 aliphatic rings. The third-order valence-electron chi connectivity index (χ3n) is 6.21. The molecule has 4 amide bonds. The van der Waals surface area contributed by atoms with Crippen molar-refractivity contribution in [3.8, 4) is 5.75 Å². The second-order valence-corrected chi connectivity index (χ2v) is 8.36. The van der Waals surface area contributed by atoms with Crippen LogP contribution < -0.4 is 15.4 Å². The van der Waals surface area contributed by atoms with E-state index in [-0.39, 0.29) is 30.6 Å². The summed E-state index contributed by atoms with van der Waals surface area (Å²) >= 11 is 0. The topological polar surface area (TPSA) is 105 Å². The Kier molecular flexibility index (Phi) is 5.13. The highest BCUT2D eigenvalue weighted by Gasteiger charge is 2.39. The van der Waals surface area contributed by atoms with Gasteiger partial charge in [-0.3, -0.25) is 24.5 Å². The van der Waals surface area contributed by atoms with Crippen molar-refractivity contribution in [3.63, 3.8) is 0 Å². The van der Waals surface area contributed by atoms with Crippen LogP contribution in [0.4, 0.5) is 5.69 Å². The molecule has 8 nitrogen and oxygen atoms in total. The van der Waals surface area contributed by atoms with E-state index in [0.29, 0.717) is 37.2 Å². The quantitative estimate of drug-likeness (QED) is 0.702. The number of ether oxygens (including phenoxy) is 1. The Morgan fingerprint density at radius 3 is 2.78 bits per heavy atom. The molecule has 1 unspecified atom stereocenters. The number of carbonyl (C=O) groups is 4. The minimum Gasteiger partial charge on any atom is -0.493 e. The standard InChI is InChI=1S/C24H23N3O5/c28-21(25-17-5-4-15-9-10-32-20(15)12-17)7-2-14-1-3-16-13-27(24(31)18(16)11-14)19-6-8-22(29)26-23(19)30/h1,3-5,11-12,19H,2,6-10,13H2,(H,25,28)(H,26,29,30).